The lowest BCUT2D eigenvalue weighted by Gasteiger charge is -2.19. The van der Waals surface area contributed by atoms with Crippen LogP contribution in [0.5, 0.6) is 0 Å². The first kappa shape index (κ1) is 18.4. The number of primary amides is 1. The maximum Gasteiger partial charge on any atom is 0.408 e. The second kappa shape index (κ2) is 9.42. The normalized spacial score (nSPS) is 12.8. The molecular weight excluding hydrogens is 302 g/mol. The number of nitrogens with one attached hydrogen (secondary N) is 2. The predicted octanol–water partition coefficient (Wildman–Crippen LogP) is -0.346. The van der Waals surface area contributed by atoms with Gasteiger partial charge in [0.15, 0.2) is 0 Å². The molecule has 0 unspecified atom stereocenters. The van der Waals surface area contributed by atoms with E-state index in [2.05, 4.69) is 10.6 Å². The molecule has 0 saturated carbocycles. The van der Waals surface area contributed by atoms with Crippen LogP contribution >= 0.6 is 0 Å². The summed E-state index contributed by atoms with van der Waals surface area (Å²) in [5, 5.41) is 13.8. The van der Waals surface area contributed by atoms with E-state index < -0.39 is 36.6 Å². The second-order valence-corrected chi connectivity index (χ2v) is 4.81. The van der Waals surface area contributed by atoms with E-state index in [1.54, 1.807) is 31.2 Å². The van der Waals surface area contributed by atoms with Gasteiger partial charge < -0.3 is 26.2 Å². The van der Waals surface area contributed by atoms with Crippen molar-refractivity contribution >= 4 is 17.9 Å². The molecule has 0 aliphatic heterocycles. The number of aliphatic hydroxyl groups excluding tert-OH is 1. The van der Waals surface area contributed by atoms with Crippen molar-refractivity contribution in [3.05, 3.63) is 35.9 Å². The second-order valence-electron chi connectivity index (χ2n) is 4.81. The quantitative estimate of drug-likeness (QED) is 0.519. The zero-order valence-corrected chi connectivity index (χ0v) is 12.8. The molecule has 0 bridgehead atoms. The van der Waals surface area contributed by atoms with Gasteiger partial charge >= 0.3 is 6.09 Å². The van der Waals surface area contributed by atoms with Crippen molar-refractivity contribution in [1.29, 1.82) is 0 Å². The molecule has 0 spiro atoms. The van der Waals surface area contributed by atoms with E-state index in [9.17, 15) is 19.5 Å². The van der Waals surface area contributed by atoms with Crippen LogP contribution in [0.15, 0.2) is 30.3 Å². The number of carbonyl (C=O) groups excluding carboxylic acids is 3. The Hall–Kier alpha value is -2.61. The molecule has 1 aromatic carbocycles. The largest absolute Gasteiger partial charge is 0.445 e. The van der Waals surface area contributed by atoms with Crippen LogP contribution in [0.1, 0.15) is 18.9 Å². The summed E-state index contributed by atoms with van der Waals surface area (Å²) in [5.74, 6) is -1.40. The Morgan fingerprint density at radius 1 is 1.17 bits per heavy atom. The minimum atomic E-state index is -1.23. The Morgan fingerprint density at radius 2 is 1.83 bits per heavy atom. The number of hydrogen-bond acceptors (Lipinski definition) is 5. The monoisotopic (exact) mass is 323 g/mol. The Balaban J connectivity index is 2.49. The molecule has 0 heterocycles. The van der Waals surface area contributed by atoms with Crippen molar-refractivity contribution in [3.8, 4) is 0 Å². The van der Waals surface area contributed by atoms with Crippen molar-refractivity contribution in [3.63, 3.8) is 0 Å². The fourth-order valence-electron chi connectivity index (χ4n) is 1.75. The Morgan fingerprint density at radius 3 is 2.35 bits per heavy atom. The van der Waals surface area contributed by atoms with Gasteiger partial charge in [-0.2, -0.15) is 0 Å². The van der Waals surface area contributed by atoms with Crippen LogP contribution in [0.3, 0.4) is 0 Å². The van der Waals surface area contributed by atoms with Crippen molar-refractivity contribution < 1.29 is 24.2 Å². The predicted molar refractivity (Wildman–Crippen MR) is 82.1 cm³/mol. The molecule has 0 saturated heterocycles. The molecule has 0 fully saturated rings. The Bertz CT molecular complexity index is 535. The molecule has 0 aliphatic carbocycles. The highest BCUT2D eigenvalue weighted by atomic mass is 16.5. The van der Waals surface area contributed by atoms with Gasteiger partial charge in [-0.25, -0.2) is 4.79 Å². The number of benzene rings is 1. The van der Waals surface area contributed by atoms with Gasteiger partial charge in [-0.3, -0.25) is 9.59 Å². The summed E-state index contributed by atoms with van der Waals surface area (Å²) < 4.78 is 4.96. The van der Waals surface area contributed by atoms with Gasteiger partial charge in [0.25, 0.3) is 0 Å². The van der Waals surface area contributed by atoms with Crippen LogP contribution in [0.4, 0.5) is 4.79 Å². The summed E-state index contributed by atoms with van der Waals surface area (Å²) in [6, 6.07) is 6.90. The summed E-state index contributed by atoms with van der Waals surface area (Å²) in [4.78, 5) is 34.7. The first-order chi connectivity index (χ1) is 11.0. The van der Waals surface area contributed by atoms with Crippen molar-refractivity contribution in [2.75, 3.05) is 6.61 Å². The number of ether oxygens (including phenoxy) is 1. The van der Waals surface area contributed by atoms with E-state index in [4.69, 9.17) is 10.5 Å². The summed E-state index contributed by atoms with van der Waals surface area (Å²) in [5.41, 5.74) is 5.91. The van der Waals surface area contributed by atoms with Crippen LogP contribution in [0, 0.1) is 0 Å². The number of alkyl carbamates (subject to hydrolysis) is 1. The number of nitrogens with two attached hydrogens (primary N) is 1. The fraction of sp³-hybridized carbons (Fsp3) is 0.400. The van der Waals surface area contributed by atoms with Gasteiger partial charge in [-0.1, -0.05) is 37.3 Å². The lowest BCUT2D eigenvalue weighted by Crippen LogP contribution is -2.54. The molecule has 3 amide bonds. The van der Waals surface area contributed by atoms with Crippen molar-refractivity contribution in [1.82, 2.24) is 10.6 Å². The topological polar surface area (TPSA) is 131 Å². The molecule has 8 heteroatoms. The van der Waals surface area contributed by atoms with Gasteiger partial charge in [0, 0.05) is 0 Å². The highest BCUT2D eigenvalue weighted by Gasteiger charge is 2.24. The number of hydrogen-bond donors (Lipinski definition) is 4. The van der Waals surface area contributed by atoms with Gasteiger partial charge in [-0.05, 0) is 12.0 Å². The van der Waals surface area contributed by atoms with Crippen molar-refractivity contribution in [2.45, 2.75) is 32.0 Å². The zero-order chi connectivity index (χ0) is 17.2. The number of amides is 3. The molecule has 8 nitrogen and oxygen atoms in total. The third kappa shape index (κ3) is 6.35. The van der Waals surface area contributed by atoms with E-state index in [1.807, 2.05) is 6.07 Å². The standard InChI is InChI=1S/C15H21N3O5/c1-2-11(13(16)20)17-14(21)12(8-19)18-15(22)23-9-10-6-4-3-5-7-10/h3-7,11-12,19H,2,8-9H2,1H3,(H2,16,20)(H,17,21)(H,18,22)/t11-,12+/m1/s1. The summed E-state index contributed by atoms with van der Waals surface area (Å²) in [6.07, 6.45) is -0.548. The fourth-order valence-corrected chi connectivity index (χ4v) is 1.75. The van der Waals surface area contributed by atoms with Crippen LogP contribution < -0.4 is 16.4 Å². The number of rotatable bonds is 8. The van der Waals surface area contributed by atoms with Gasteiger partial charge in [0.2, 0.25) is 11.8 Å². The lowest BCUT2D eigenvalue weighted by atomic mass is 10.2. The van der Waals surface area contributed by atoms with Crippen molar-refractivity contribution in [2.24, 2.45) is 5.73 Å². The van der Waals surface area contributed by atoms with E-state index in [0.717, 1.165) is 5.56 Å². The molecule has 5 N–H and O–H groups in total. The number of aliphatic hydroxyl groups is 1. The third-order valence-corrected chi connectivity index (χ3v) is 3.07. The summed E-state index contributed by atoms with van der Waals surface area (Å²) in [7, 11) is 0. The Labute approximate surface area is 134 Å². The van der Waals surface area contributed by atoms with Gasteiger partial charge in [-0.15, -0.1) is 0 Å². The SMILES string of the molecule is CC[C@@H](NC(=O)[C@H](CO)NC(=O)OCc1ccccc1)C(N)=O. The third-order valence-electron chi connectivity index (χ3n) is 3.07. The molecule has 0 aromatic heterocycles. The lowest BCUT2D eigenvalue weighted by molar-refractivity contribution is -0.129. The maximum absolute atomic E-state index is 11.9. The minimum absolute atomic E-state index is 0.0330. The molecule has 2 atom stereocenters. The van der Waals surface area contributed by atoms with Crippen LogP contribution in [-0.2, 0) is 20.9 Å². The van der Waals surface area contributed by atoms with Gasteiger partial charge in [0.1, 0.15) is 18.7 Å². The van der Waals surface area contributed by atoms with E-state index in [1.165, 1.54) is 0 Å². The Kier molecular flexibility index (Phi) is 7.55. The molecule has 23 heavy (non-hydrogen) atoms. The van der Waals surface area contributed by atoms with Gasteiger partial charge in [0.05, 0.1) is 6.61 Å². The molecule has 1 aromatic rings. The molecule has 0 aliphatic rings. The van der Waals surface area contributed by atoms with Crippen LogP contribution in [-0.4, -0.2) is 41.7 Å². The smallest absolute Gasteiger partial charge is 0.408 e. The summed E-state index contributed by atoms with van der Waals surface area (Å²) in [6.45, 7) is 1.07. The maximum atomic E-state index is 11.9. The molecule has 126 valence electrons. The molecule has 0 radical (unpaired) electrons. The van der Waals surface area contributed by atoms with E-state index >= 15 is 0 Å². The summed E-state index contributed by atoms with van der Waals surface area (Å²) >= 11 is 0. The zero-order valence-electron chi connectivity index (χ0n) is 12.8. The average Bonchev–Trinajstić information content (AvgIpc) is 2.56. The number of carbonyl (C=O) groups is 3. The van der Waals surface area contributed by atoms with E-state index in [-0.39, 0.29) is 6.61 Å². The average molecular weight is 323 g/mol. The minimum Gasteiger partial charge on any atom is -0.445 e. The highest BCUT2D eigenvalue weighted by molar-refractivity contribution is 5.90. The molecule has 1 rings (SSSR count). The van der Waals surface area contributed by atoms with E-state index in [0.29, 0.717) is 6.42 Å². The first-order valence-corrected chi connectivity index (χ1v) is 7.15. The van der Waals surface area contributed by atoms with Crippen LogP contribution in [0.25, 0.3) is 0 Å². The first-order valence-electron chi connectivity index (χ1n) is 7.15. The van der Waals surface area contributed by atoms with Crippen LogP contribution in [0.2, 0.25) is 0 Å². The molecular formula is C15H21N3O5. The highest BCUT2D eigenvalue weighted by Crippen LogP contribution is 2.01.